The molecule has 2 aromatic carbocycles. The Kier molecular flexibility index (Phi) is 5.28. The maximum atomic E-state index is 11.8. The summed E-state index contributed by atoms with van der Waals surface area (Å²) in [5.74, 6) is -0.470. The van der Waals surface area contributed by atoms with E-state index in [0.717, 1.165) is 11.3 Å². The van der Waals surface area contributed by atoms with Crippen LogP contribution in [0.3, 0.4) is 0 Å². The molecule has 1 amide bonds. The zero-order chi connectivity index (χ0) is 17.6. The Balaban J connectivity index is 1.74. The standard InChI is InChI=1S/C17H13N5OS2/c18-10-11-6-8-12(9-7-11)14(15(19)23)24-17-22-21-16(25-17)20-13-4-2-1-3-5-13/h1-9,14H,(H2,19,23)(H,20,21). The van der Waals surface area contributed by atoms with Crippen molar-refractivity contribution in [3.8, 4) is 6.07 Å². The van der Waals surface area contributed by atoms with Crippen molar-refractivity contribution in [1.82, 2.24) is 10.2 Å². The first kappa shape index (κ1) is 17.0. The summed E-state index contributed by atoms with van der Waals surface area (Å²) in [6.45, 7) is 0. The van der Waals surface area contributed by atoms with Gasteiger partial charge in [0.15, 0.2) is 4.34 Å². The molecule has 8 heteroatoms. The lowest BCUT2D eigenvalue weighted by molar-refractivity contribution is -0.117. The van der Waals surface area contributed by atoms with Crippen molar-refractivity contribution in [2.45, 2.75) is 9.59 Å². The summed E-state index contributed by atoms with van der Waals surface area (Å²) < 4.78 is 0.631. The highest BCUT2D eigenvalue weighted by Gasteiger charge is 2.21. The van der Waals surface area contributed by atoms with Crippen LogP contribution in [0.15, 0.2) is 58.9 Å². The topological polar surface area (TPSA) is 105 Å². The molecule has 3 rings (SSSR count). The molecule has 0 bridgehead atoms. The van der Waals surface area contributed by atoms with Crippen molar-refractivity contribution in [3.63, 3.8) is 0 Å². The Morgan fingerprint density at radius 3 is 2.52 bits per heavy atom. The Morgan fingerprint density at radius 2 is 1.88 bits per heavy atom. The zero-order valence-electron chi connectivity index (χ0n) is 12.9. The number of nitrogens with zero attached hydrogens (tertiary/aromatic N) is 3. The fourth-order valence-corrected chi connectivity index (χ4v) is 3.99. The highest BCUT2D eigenvalue weighted by Crippen LogP contribution is 2.38. The van der Waals surface area contributed by atoms with E-state index in [1.54, 1.807) is 24.3 Å². The Labute approximate surface area is 152 Å². The highest BCUT2D eigenvalue weighted by molar-refractivity contribution is 8.01. The first-order chi connectivity index (χ1) is 12.2. The second-order valence-electron chi connectivity index (χ2n) is 5.00. The molecule has 0 saturated heterocycles. The summed E-state index contributed by atoms with van der Waals surface area (Å²) in [6.07, 6.45) is 0. The summed E-state index contributed by atoms with van der Waals surface area (Å²) in [7, 11) is 0. The van der Waals surface area contributed by atoms with Crippen LogP contribution in [0, 0.1) is 11.3 Å². The van der Waals surface area contributed by atoms with Crippen LogP contribution in [0.2, 0.25) is 0 Å². The number of amides is 1. The average molecular weight is 367 g/mol. The van der Waals surface area contributed by atoms with Crippen molar-refractivity contribution in [1.29, 1.82) is 5.26 Å². The summed E-state index contributed by atoms with van der Waals surface area (Å²) in [4.78, 5) is 11.8. The van der Waals surface area contributed by atoms with E-state index in [2.05, 4.69) is 15.5 Å². The van der Waals surface area contributed by atoms with E-state index in [0.29, 0.717) is 15.0 Å². The molecule has 0 radical (unpaired) electrons. The lowest BCUT2D eigenvalue weighted by atomic mass is 10.1. The molecule has 0 aliphatic heterocycles. The number of hydrogen-bond donors (Lipinski definition) is 2. The van der Waals surface area contributed by atoms with Gasteiger partial charge in [0.25, 0.3) is 0 Å². The number of nitrogens with two attached hydrogens (primary N) is 1. The maximum Gasteiger partial charge on any atom is 0.235 e. The van der Waals surface area contributed by atoms with E-state index in [1.807, 2.05) is 36.4 Å². The van der Waals surface area contributed by atoms with Gasteiger partial charge in [-0.1, -0.05) is 53.4 Å². The van der Waals surface area contributed by atoms with Crippen LogP contribution in [0.5, 0.6) is 0 Å². The number of carbonyl (C=O) groups is 1. The van der Waals surface area contributed by atoms with Crippen LogP contribution in [0.1, 0.15) is 16.4 Å². The third-order valence-corrected chi connectivity index (χ3v) is 5.45. The van der Waals surface area contributed by atoms with Gasteiger partial charge in [-0.15, -0.1) is 10.2 Å². The molecule has 3 aromatic rings. The molecule has 1 heterocycles. The SMILES string of the molecule is N#Cc1ccc(C(Sc2nnc(Nc3ccccc3)s2)C(N)=O)cc1. The predicted molar refractivity (Wildman–Crippen MR) is 98.6 cm³/mol. The highest BCUT2D eigenvalue weighted by atomic mass is 32.2. The monoisotopic (exact) mass is 367 g/mol. The third kappa shape index (κ3) is 4.35. The van der Waals surface area contributed by atoms with Gasteiger partial charge in [0.2, 0.25) is 11.0 Å². The molecule has 6 nitrogen and oxygen atoms in total. The third-order valence-electron chi connectivity index (χ3n) is 3.25. The molecule has 1 unspecified atom stereocenters. The molecule has 1 atom stereocenters. The minimum absolute atomic E-state index is 0.470. The van der Waals surface area contributed by atoms with Gasteiger partial charge in [0, 0.05) is 5.69 Å². The number of benzene rings is 2. The number of rotatable bonds is 6. The summed E-state index contributed by atoms with van der Waals surface area (Å²) >= 11 is 2.59. The summed E-state index contributed by atoms with van der Waals surface area (Å²) in [5, 5.41) is 20.3. The van der Waals surface area contributed by atoms with Gasteiger partial charge in [-0.3, -0.25) is 4.79 Å². The molecular formula is C17H13N5OS2. The van der Waals surface area contributed by atoms with Gasteiger partial charge in [-0.2, -0.15) is 5.26 Å². The van der Waals surface area contributed by atoms with Crippen molar-refractivity contribution in [2.75, 3.05) is 5.32 Å². The molecular weight excluding hydrogens is 354 g/mol. The summed E-state index contributed by atoms with van der Waals surface area (Å²) in [5.41, 5.74) is 7.70. The normalized spacial score (nSPS) is 11.5. The van der Waals surface area contributed by atoms with E-state index < -0.39 is 11.2 Å². The average Bonchev–Trinajstić information content (AvgIpc) is 3.07. The largest absolute Gasteiger partial charge is 0.368 e. The molecule has 0 aliphatic rings. The zero-order valence-corrected chi connectivity index (χ0v) is 14.6. The second-order valence-corrected chi connectivity index (χ2v) is 7.33. The van der Waals surface area contributed by atoms with Crippen molar-refractivity contribution in [2.24, 2.45) is 5.73 Å². The summed E-state index contributed by atoms with van der Waals surface area (Å²) in [6, 6.07) is 18.5. The van der Waals surface area contributed by atoms with E-state index in [4.69, 9.17) is 11.0 Å². The Hall–Kier alpha value is -2.89. The minimum Gasteiger partial charge on any atom is -0.368 e. The van der Waals surface area contributed by atoms with E-state index in [1.165, 1.54) is 23.1 Å². The number of para-hydroxylation sites is 1. The molecule has 3 N–H and O–H groups in total. The molecule has 25 heavy (non-hydrogen) atoms. The van der Waals surface area contributed by atoms with E-state index >= 15 is 0 Å². The predicted octanol–water partition coefficient (Wildman–Crippen LogP) is 3.47. The number of aromatic nitrogens is 2. The number of hydrogen-bond acceptors (Lipinski definition) is 7. The lowest BCUT2D eigenvalue weighted by Crippen LogP contribution is -2.18. The van der Waals surface area contributed by atoms with Crippen LogP contribution in [-0.4, -0.2) is 16.1 Å². The van der Waals surface area contributed by atoms with E-state index in [-0.39, 0.29) is 0 Å². The smallest absolute Gasteiger partial charge is 0.235 e. The number of carbonyl (C=O) groups excluding carboxylic acids is 1. The van der Waals surface area contributed by atoms with Gasteiger partial charge in [-0.25, -0.2) is 0 Å². The minimum atomic E-state index is -0.592. The molecule has 0 spiro atoms. The second kappa shape index (κ2) is 7.79. The number of thioether (sulfide) groups is 1. The number of nitriles is 1. The first-order valence-corrected chi connectivity index (χ1v) is 8.97. The Bertz CT molecular complexity index is 903. The van der Waals surface area contributed by atoms with Crippen molar-refractivity contribution in [3.05, 3.63) is 65.7 Å². The number of anilines is 2. The van der Waals surface area contributed by atoms with Crippen molar-refractivity contribution >= 4 is 39.8 Å². The first-order valence-electron chi connectivity index (χ1n) is 7.27. The Morgan fingerprint density at radius 1 is 1.16 bits per heavy atom. The van der Waals surface area contributed by atoms with Crippen LogP contribution < -0.4 is 11.1 Å². The van der Waals surface area contributed by atoms with Gasteiger partial charge in [-0.05, 0) is 29.8 Å². The number of nitrogens with one attached hydrogen (secondary N) is 1. The molecule has 1 aromatic heterocycles. The van der Waals surface area contributed by atoms with Gasteiger partial charge >= 0.3 is 0 Å². The van der Waals surface area contributed by atoms with Crippen LogP contribution in [0.4, 0.5) is 10.8 Å². The molecule has 0 saturated carbocycles. The maximum absolute atomic E-state index is 11.8. The molecule has 124 valence electrons. The number of primary amides is 1. The quantitative estimate of drug-likeness (QED) is 0.646. The van der Waals surface area contributed by atoms with Gasteiger partial charge in [0.1, 0.15) is 5.25 Å². The van der Waals surface area contributed by atoms with Gasteiger partial charge < -0.3 is 11.1 Å². The molecule has 0 fully saturated rings. The van der Waals surface area contributed by atoms with Crippen LogP contribution >= 0.6 is 23.1 Å². The fraction of sp³-hybridized carbons (Fsp3) is 0.0588. The van der Waals surface area contributed by atoms with Gasteiger partial charge in [0.05, 0.1) is 11.6 Å². The van der Waals surface area contributed by atoms with E-state index in [9.17, 15) is 4.79 Å². The lowest BCUT2D eigenvalue weighted by Gasteiger charge is -2.11. The molecule has 0 aliphatic carbocycles. The van der Waals surface area contributed by atoms with Crippen LogP contribution in [-0.2, 0) is 4.79 Å². The van der Waals surface area contributed by atoms with Crippen molar-refractivity contribution < 1.29 is 4.79 Å². The van der Waals surface area contributed by atoms with Crippen LogP contribution in [0.25, 0.3) is 0 Å². The fourth-order valence-electron chi connectivity index (χ4n) is 2.08.